The summed E-state index contributed by atoms with van der Waals surface area (Å²) >= 11 is 5.51. The van der Waals surface area contributed by atoms with Crippen molar-refractivity contribution in [2.45, 2.75) is 13.8 Å². The van der Waals surface area contributed by atoms with Crippen molar-refractivity contribution >= 4 is 11.6 Å². The smallest absolute Gasteiger partial charge is 0.0433 e. The van der Waals surface area contributed by atoms with Crippen molar-refractivity contribution in [1.82, 2.24) is 0 Å². The summed E-state index contributed by atoms with van der Waals surface area (Å²) < 4.78 is 0. The van der Waals surface area contributed by atoms with Crippen LogP contribution in [0.5, 0.6) is 0 Å². The van der Waals surface area contributed by atoms with Gasteiger partial charge in [-0.25, -0.2) is 0 Å². The molecule has 0 aromatic heterocycles. The van der Waals surface area contributed by atoms with Gasteiger partial charge in [0.2, 0.25) is 0 Å². The maximum absolute atomic E-state index is 5.51. The normalized spacial score (nSPS) is 13.5. The Morgan fingerprint density at radius 1 is 1.38 bits per heavy atom. The Labute approximate surface area is 55.5 Å². The monoisotopic (exact) mass is 133 g/mol. The second-order valence-electron chi connectivity index (χ2n) is 1.90. The maximum Gasteiger partial charge on any atom is 0.0433 e. The molecular weight excluding hydrogens is 122 g/mol. The zero-order valence-corrected chi connectivity index (χ0v) is 6.13. The van der Waals surface area contributed by atoms with Crippen LogP contribution in [0.4, 0.5) is 0 Å². The van der Waals surface area contributed by atoms with E-state index in [1.54, 1.807) is 0 Å². The van der Waals surface area contributed by atoms with Gasteiger partial charge >= 0.3 is 0 Å². The average Bonchev–Trinajstić information content (AvgIpc) is 1.84. The topological polar surface area (TPSA) is 26.0 Å². The molecule has 8 heavy (non-hydrogen) atoms. The van der Waals surface area contributed by atoms with E-state index in [-0.39, 0.29) is 0 Å². The molecule has 0 saturated carbocycles. The van der Waals surface area contributed by atoms with Crippen molar-refractivity contribution < 1.29 is 0 Å². The molecule has 0 saturated heterocycles. The molecule has 0 fully saturated rings. The fourth-order valence-electron chi connectivity index (χ4n) is 0.288. The molecule has 1 nitrogen and oxygen atoms in total. The molecule has 0 bridgehead atoms. The van der Waals surface area contributed by atoms with Gasteiger partial charge in [0.25, 0.3) is 0 Å². The summed E-state index contributed by atoms with van der Waals surface area (Å²) in [5.41, 5.74) is 7.72. The van der Waals surface area contributed by atoms with Crippen LogP contribution in [0.2, 0.25) is 0 Å². The van der Waals surface area contributed by atoms with Crippen LogP contribution in [0.1, 0.15) is 13.8 Å². The largest absolute Gasteiger partial charge is 0.327 e. The zero-order chi connectivity index (χ0) is 6.57. The van der Waals surface area contributed by atoms with Gasteiger partial charge in [-0.1, -0.05) is 11.1 Å². The lowest BCUT2D eigenvalue weighted by Gasteiger charge is -1.98. The van der Waals surface area contributed by atoms with E-state index in [0.717, 1.165) is 0 Å². The van der Waals surface area contributed by atoms with Gasteiger partial charge in [-0.15, -0.1) is 11.6 Å². The molecule has 0 aliphatic carbocycles. The van der Waals surface area contributed by atoms with Gasteiger partial charge in [0.1, 0.15) is 0 Å². The fourth-order valence-corrected chi connectivity index (χ4v) is 0.516. The van der Waals surface area contributed by atoms with Crippen LogP contribution in [0, 0.1) is 0 Å². The van der Waals surface area contributed by atoms with Crippen molar-refractivity contribution in [1.29, 1.82) is 0 Å². The predicted octanol–water partition coefficient (Wildman–Crippen LogP) is 1.52. The van der Waals surface area contributed by atoms with Crippen LogP contribution in [0.25, 0.3) is 0 Å². The molecule has 0 amide bonds. The highest BCUT2D eigenvalue weighted by Gasteiger charge is 1.89. The molecule has 0 aromatic rings. The number of nitrogens with two attached hydrogens (primary N) is 1. The van der Waals surface area contributed by atoms with E-state index >= 15 is 0 Å². The first-order valence-corrected chi connectivity index (χ1v) is 3.17. The van der Waals surface area contributed by atoms with E-state index < -0.39 is 0 Å². The molecule has 0 radical (unpaired) electrons. The molecule has 2 heteroatoms. The quantitative estimate of drug-likeness (QED) is 0.449. The third-order valence-corrected chi connectivity index (χ3v) is 1.64. The van der Waals surface area contributed by atoms with E-state index in [1.165, 1.54) is 11.1 Å². The molecule has 0 atom stereocenters. The van der Waals surface area contributed by atoms with Gasteiger partial charge in [0, 0.05) is 12.4 Å². The average molecular weight is 134 g/mol. The van der Waals surface area contributed by atoms with Gasteiger partial charge in [0.15, 0.2) is 0 Å². The fraction of sp³-hybridized carbons (Fsp3) is 0.667. The van der Waals surface area contributed by atoms with Gasteiger partial charge in [-0.2, -0.15) is 0 Å². The number of allylic oxidation sites excluding steroid dienone is 1. The summed E-state index contributed by atoms with van der Waals surface area (Å²) in [5.74, 6) is 0.600. The molecule has 0 spiro atoms. The lowest BCUT2D eigenvalue weighted by molar-refractivity contribution is 1.09. The highest BCUT2D eigenvalue weighted by molar-refractivity contribution is 6.19. The summed E-state index contributed by atoms with van der Waals surface area (Å²) in [6, 6.07) is 0. The lowest BCUT2D eigenvalue weighted by Crippen LogP contribution is -2.02. The molecule has 0 unspecified atom stereocenters. The molecule has 0 aromatic carbocycles. The van der Waals surface area contributed by atoms with Crippen LogP contribution < -0.4 is 5.73 Å². The van der Waals surface area contributed by atoms with E-state index in [4.69, 9.17) is 17.3 Å². The Kier molecular flexibility index (Phi) is 3.92. The van der Waals surface area contributed by atoms with Crippen molar-refractivity contribution in [2.24, 2.45) is 5.73 Å². The van der Waals surface area contributed by atoms with E-state index in [2.05, 4.69) is 0 Å². The Morgan fingerprint density at radius 2 is 1.88 bits per heavy atom. The van der Waals surface area contributed by atoms with Crippen LogP contribution in [0.3, 0.4) is 0 Å². The molecular formula is C6H12ClN. The summed E-state index contributed by atoms with van der Waals surface area (Å²) in [6.07, 6.45) is 0. The Morgan fingerprint density at radius 3 is 2.00 bits per heavy atom. The number of rotatable bonds is 2. The maximum atomic E-state index is 5.51. The van der Waals surface area contributed by atoms with Crippen molar-refractivity contribution in [3.63, 3.8) is 0 Å². The van der Waals surface area contributed by atoms with Crippen LogP contribution in [-0.2, 0) is 0 Å². The van der Waals surface area contributed by atoms with Gasteiger partial charge in [-0.3, -0.25) is 0 Å². The summed E-state index contributed by atoms with van der Waals surface area (Å²) in [6.45, 7) is 4.62. The Balaban J connectivity index is 3.83. The Bertz CT molecular complexity index is 84.7. The van der Waals surface area contributed by atoms with Crippen LogP contribution in [-0.4, -0.2) is 12.4 Å². The standard InChI is InChI=1S/C6H12ClN/c1-5(3-7)6(2)4-8/h3-4,8H2,1-2H3/b6-5+. The molecule has 2 N–H and O–H groups in total. The molecule has 0 heterocycles. The number of halogens is 1. The van der Waals surface area contributed by atoms with Crippen molar-refractivity contribution in [3.05, 3.63) is 11.1 Å². The van der Waals surface area contributed by atoms with Crippen molar-refractivity contribution in [2.75, 3.05) is 12.4 Å². The van der Waals surface area contributed by atoms with Crippen LogP contribution >= 0.6 is 11.6 Å². The third-order valence-electron chi connectivity index (χ3n) is 1.24. The van der Waals surface area contributed by atoms with Gasteiger partial charge in [-0.05, 0) is 13.8 Å². The molecule has 0 aliphatic rings. The number of hydrogen-bond donors (Lipinski definition) is 1. The highest BCUT2D eigenvalue weighted by Crippen LogP contribution is 2.01. The van der Waals surface area contributed by atoms with E-state index in [1.807, 2.05) is 13.8 Å². The first-order valence-electron chi connectivity index (χ1n) is 2.63. The number of alkyl halides is 1. The third kappa shape index (κ3) is 2.34. The predicted molar refractivity (Wildman–Crippen MR) is 38.1 cm³/mol. The van der Waals surface area contributed by atoms with Crippen molar-refractivity contribution in [3.8, 4) is 0 Å². The van der Waals surface area contributed by atoms with Gasteiger partial charge < -0.3 is 5.73 Å². The summed E-state index contributed by atoms with van der Waals surface area (Å²) in [4.78, 5) is 0. The highest BCUT2D eigenvalue weighted by atomic mass is 35.5. The Hall–Kier alpha value is -0.0100. The second kappa shape index (κ2) is 3.93. The molecule has 0 rings (SSSR count). The molecule has 0 aliphatic heterocycles. The first-order chi connectivity index (χ1) is 3.72. The summed E-state index contributed by atoms with van der Waals surface area (Å²) in [5, 5.41) is 0. The van der Waals surface area contributed by atoms with E-state index in [0.29, 0.717) is 12.4 Å². The van der Waals surface area contributed by atoms with E-state index in [9.17, 15) is 0 Å². The SMILES string of the molecule is C/C(CN)=C(/C)CCl. The van der Waals surface area contributed by atoms with Gasteiger partial charge in [0.05, 0.1) is 0 Å². The minimum absolute atomic E-state index is 0.600. The molecule has 48 valence electrons. The minimum atomic E-state index is 0.600. The minimum Gasteiger partial charge on any atom is -0.327 e. The first kappa shape index (κ1) is 7.99. The second-order valence-corrected chi connectivity index (χ2v) is 2.17. The van der Waals surface area contributed by atoms with Crippen LogP contribution in [0.15, 0.2) is 11.1 Å². The lowest BCUT2D eigenvalue weighted by atomic mass is 10.2. The summed E-state index contributed by atoms with van der Waals surface area (Å²) in [7, 11) is 0. The number of hydrogen-bond acceptors (Lipinski definition) is 1. The zero-order valence-electron chi connectivity index (χ0n) is 5.37.